The first-order chi connectivity index (χ1) is 12.7. The summed E-state index contributed by atoms with van der Waals surface area (Å²) in [4.78, 5) is 13.3. The van der Waals surface area contributed by atoms with E-state index in [-0.39, 0.29) is 0 Å². The van der Waals surface area contributed by atoms with E-state index in [2.05, 4.69) is 33.4 Å². The normalized spacial score (nSPS) is 15.9. The predicted molar refractivity (Wildman–Crippen MR) is 102 cm³/mol. The van der Waals surface area contributed by atoms with E-state index in [1.54, 1.807) is 23.2 Å². The Labute approximate surface area is 154 Å². The summed E-state index contributed by atoms with van der Waals surface area (Å²) in [5.41, 5.74) is 3.35. The van der Waals surface area contributed by atoms with Gasteiger partial charge in [-0.3, -0.25) is 0 Å². The highest BCUT2D eigenvalue weighted by Crippen LogP contribution is 2.31. The molecule has 5 heterocycles. The minimum Gasteiger partial charge on any atom is -0.381 e. The van der Waals surface area contributed by atoms with E-state index in [0.29, 0.717) is 5.65 Å². The van der Waals surface area contributed by atoms with E-state index < -0.39 is 0 Å². The SMILES string of the molecule is Cn1nc2cc(-c3ccc4cc(CC5CCOCC5)sc4n3)cnc2n1. The van der Waals surface area contributed by atoms with Crippen LogP contribution in [0.3, 0.4) is 0 Å². The maximum absolute atomic E-state index is 5.47. The van der Waals surface area contributed by atoms with Crippen molar-refractivity contribution in [3.63, 3.8) is 0 Å². The van der Waals surface area contributed by atoms with Gasteiger partial charge in [-0.05, 0) is 49.4 Å². The van der Waals surface area contributed by atoms with Gasteiger partial charge >= 0.3 is 0 Å². The van der Waals surface area contributed by atoms with E-state index in [1.807, 2.05) is 12.3 Å². The molecule has 0 aromatic carbocycles. The van der Waals surface area contributed by atoms with Gasteiger partial charge in [0, 0.05) is 42.3 Å². The molecule has 0 bridgehead atoms. The van der Waals surface area contributed by atoms with Crippen molar-refractivity contribution in [2.24, 2.45) is 13.0 Å². The highest BCUT2D eigenvalue weighted by atomic mass is 32.1. The maximum Gasteiger partial charge on any atom is 0.201 e. The highest BCUT2D eigenvalue weighted by Gasteiger charge is 2.16. The van der Waals surface area contributed by atoms with Gasteiger partial charge in [0.05, 0.1) is 5.69 Å². The Morgan fingerprint density at radius 3 is 2.96 bits per heavy atom. The average Bonchev–Trinajstić information content (AvgIpc) is 3.22. The molecular weight excluding hydrogens is 346 g/mol. The summed E-state index contributed by atoms with van der Waals surface area (Å²) in [6.45, 7) is 1.80. The summed E-state index contributed by atoms with van der Waals surface area (Å²) in [7, 11) is 1.80. The van der Waals surface area contributed by atoms with Crippen LogP contribution in [0.25, 0.3) is 32.6 Å². The molecule has 0 spiro atoms. The highest BCUT2D eigenvalue weighted by molar-refractivity contribution is 7.18. The van der Waals surface area contributed by atoms with Gasteiger partial charge in [0.1, 0.15) is 10.3 Å². The first-order valence-corrected chi connectivity index (χ1v) is 9.71. The molecule has 1 aliphatic rings. The maximum atomic E-state index is 5.47. The second-order valence-electron chi connectivity index (χ2n) is 6.82. The zero-order chi connectivity index (χ0) is 17.5. The molecule has 1 saturated heterocycles. The van der Waals surface area contributed by atoms with Crippen molar-refractivity contribution in [3.8, 4) is 11.3 Å². The van der Waals surface area contributed by atoms with Crippen LogP contribution >= 0.6 is 11.3 Å². The second-order valence-corrected chi connectivity index (χ2v) is 7.93. The first kappa shape index (κ1) is 15.8. The number of hydrogen-bond acceptors (Lipinski definition) is 6. The summed E-state index contributed by atoms with van der Waals surface area (Å²) in [5.74, 6) is 0.736. The molecule has 7 heteroatoms. The van der Waals surface area contributed by atoms with E-state index >= 15 is 0 Å². The first-order valence-electron chi connectivity index (χ1n) is 8.89. The van der Waals surface area contributed by atoms with Crippen LogP contribution in [0.5, 0.6) is 0 Å². The zero-order valence-corrected chi connectivity index (χ0v) is 15.4. The lowest BCUT2D eigenvalue weighted by Gasteiger charge is -2.21. The molecule has 0 N–H and O–H groups in total. The van der Waals surface area contributed by atoms with Gasteiger partial charge in [-0.25, -0.2) is 9.97 Å². The second kappa shape index (κ2) is 6.41. The minimum absolute atomic E-state index is 0.659. The van der Waals surface area contributed by atoms with E-state index in [1.165, 1.54) is 10.3 Å². The standard InChI is InChI=1S/C19H19N5OS/c1-24-22-17-10-14(11-20-18(17)23-24)16-3-2-13-9-15(26-19(13)21-16)8-12-4-6-25-7-5-12/h2-3,9-12H,4-8H2,1H3. The third-order valence-electron chi connectivity index (χ3n) is 4.90. The lowest BCUT2D eigenvalue weighted by Crippen LogP contribution is -2.17. The number of thiophene rings is 1. The van der Waals surface area contributed by atoms with Gasteiger partial charge in [0.2, 0.25) is 5.65 Å². The molecule has 5 rings (SSSR count). The average molecular weight is 365 g/mol. The van der Waals surface area contributed by atoms with E-state index in [4.69, 9.17) is 9.72 Å². The van der Waals surface area contributed by atoms with Gasteiger partial charge in [-0.15, -0.1) is 16.4 Å². The number of pyridine rings is 2. The fourth-order valence-electron chi connectivity index (χ4n) is 3.52. The summed E-state index contributed by atoms with van der Waals surface area (Å²) in [6.07, 6.45) is 5.28. The summed E-state index contributed by atoms with van der Waals surface area (Å²) in [6, 6.07) is 8.51. The Bertz CT molecular complexity index is 1080. The third kappa shape index (κ3) is 2.97. The molecule has 0 amide bonds. The molecule has 1 fully saturated rings. The summed E-state index contributed by atoms with van der Waals surface area (Å²) < 4.78 is 5.47. The summed E-state index contributed by atoms with van der Waals surface area (Å²) >= 11 is 1.80. The molecule has 132 valence electrons. The lowest BCUT2D eigenvalue weighted by atomic mass is 9.96. The predicted octanol–water partition coefficient (Wildman–Crippen LogP) is 3.61. The number of rotatable bonds is 3. The fraction of sp³-hybridized carbons (Fsp3) is 0.368. The number of aromatic nitrogens is 5. The lowest BCUT2D eigenvalue weighted by molar-refractivity contribution is 0.0667. The Morgan fingerprint density at radius 1 is 1.19 bits per heavy atom. The largest absolute Gasteiger partial charge is 0.381 e. The van der Waals surface area contributed by atoms with Crippen LogP contribution in [-0.2, 0) is 18.2 Å². The Kier molecular flexibility index (Phi) is 3.90. The van der Waals surface area contributed by atoms with Crippen molar-refractivity contribution >= 4 is 32.7 Å². The molecule has 26 heavy (non-hydrogen) atoms. The van der Waals surface area contributed by atoms with Crippen LogP contribution in [0.4, 0.5) is 0 Å². The van der Waals surface area contributed by atoms with E-state index in [9.17, 15) is 0 Å². The number of fused-ring (bicyclic) bond motifs is 2. The Morgan fingerprint density at radius 2 is 2.08 bits per heavy atom. The van der Waals surface area contributed by atoms with E-state index in [0.717, 1.165) is 60.0 Å². The molecule has 0 atom stereocenters. The van der Waals surface area contributed by atoms with Crippen LogP contribution in [0.15, 0.2) is 30.5 Å². The van der Waals surface area contributed by atoms with Crippen LogP contribution in [0.1, 0.15) is 17.7 Å². The molecule has 0 radical (unpaired) electrons. The van der Waals surface area contributed by atoms with Crippen molar-refractivity contribution in [1.29, 1.82) is 0 Å². The number of nitrogens with zero attached hydrogens (tertiary/aromatic N) is 5. The molecule has 0 aliphatic carbocycles. The van der Waals surface area contributed by atoms with Crippen molar-refractivity contribution in [2.75, 3.05) is 13.2 Å². The monoisotopic (exact) mass is 365 g/mol. The molecule has 4 aromatic heterocycles. The zero-order valence-electron chi connectivity index (χ0n) is 14.6. The Hall–Kier alpha value is -2.38. The van der Waals surface area contributed by atoms with Crippen molar-refractivity contribution in [3.05, 3.63) is 35.3 Å². The van der Waals surface area contributed by atoms with Crippen molar-refractivity contribution < 1.29 is 4.74 Å². The number of hydrogen-bond donors (Lipinski definition) is 0. The van der Waals surface area contributed by atoms with Crippen molar-refractivity contribution in [2.45, 2.75) is 19.3 Å². The van der Waals surface area contributed by atoms with Crippen LogP contribution in [-0.4, -0.2) is 38.2 Å². The molecule has 4 aromatic rings. The van der Waals surface area contributed by atoms with Crippen LogP contribution < -0.4 is 0 Å². The van der Waals surface area contributed by atoms with Crippen LogP contribution in [0.2, 0.25) is 0 Å². The molecular formula is C19H19N5OS. The smallest absolute Gasteiger partial charge is 0.201 e. The topological polar surface area (TPSA) is 65.7 Å². The Balaban J connectivity index is 1.46. The number of ether oxygens (including phenoxy) is 1. The minimum atomic E-state index is 0.659. The number of aryl methyl sites for hydroxylation is 1. The quantitative estimate of drug-likeness (QED) is 0.555. The van der Waals surface area contributed by atoms with Gasteiger partial charge in [-0.2, -0.15) is 9.90 Å². The van der Waals surface area contributed by atoms with Crippen molar-refractivity contribution in [1.82, 2.24) is 25.0 Å². The fourth-order valence-corrected chi connectivity index (χ4v) is 4.66. The van der Waals surface area contributed by atoms with Gasteiger partial charge in [0.15, 0.2) is 0 Å². The molecule has 6 nitrogen and oxygen atoms in total. The van der Waals surface area contributed by atoms with Crippen LogP contribution in [0, 0.1) is 5.92 Å². The van der Waals surface area contributed by atoms with Gasteiger partial charge in [-0.1, -0.05) is 0 Å². The summed E-state index contributed by atoms with van der Waals surface area (Å²) in [5, 5.41) is 9.78. The molecule has 1 aliphatic heterocycles. The third-order valence-corrected chi connectivity index (χ3v) is 5.97. The van der Waals surface area contributed by atoms with Gasteiger partial charge < -0.3 is 4.74 Å². The molecule has 0 unspecified atom stereocenters. The van der Waals surface area contributed by atoms with Gasteiger partial charge in [0.25, 0.3) is 0 Å². The molecule has 0 saturated carbocycles.